The average Bonchev–Trinajstić information content (AvgIpc) is 2.32. The van der Waals surface area contributed by atoms with Crippen LogP contribution in [0.4, 0.5) is 5.69 Å². The van der Waals surface area contributed by atoms with Gasteiger partial charge in [-0.15, -0.1) is 0 Å². The zero-order chi connectivity index (χ0) is 12.4. The van der Waals surface area contributed by atoms with Crippen LogP contribution in [0.15, 0.2) is 30.5 Å². The number of halogens is 2. The topological polar surface area (TPSA) is 62.7 Å². The smallest absolute Gasteiger partial charge is 0.101 e. The number of nitrogens with two attached hydrogens (primary N) is 1. The number of aromatic nitrogens is 1. The Kier molecular flexibility index (Phi) is 3.19. The van der Waals surface area contributed by atoms with Gasteiger partial charge in [-0.3, -0.25) is 4.98 Å². The lowest BCUT2D eigenvalue weighted by Gasteiger charge is -2.06. The van der Waals surface area contributed by atoms with Crippen LogP contribution in [0.3, 0.4) is 0 Å². The Balaban J connectivity index is 2.54. The molecule has 0 atom stereocenters. The van der Waals surface area contributed by atoms with Crippen molar-refractivity contribution in [2.24, 2.45) is 0 Å². The molecule has 0 fully saturated rings. The molecule has 5 heteroatoms. The second-order valence-electron chi connectivity index (χ2n) is 3.40. The van der Waals surface area contributed by atoms with Crippen molar-refractivity contribution in [3.63, 3.8) is 0 Å². The van der Waals surface area contributed by atoms with Crippen molar-refractivity contribution >= 4 is 28.9 Å². The quantitative estimate of drug-likeness (QED) is 0.857. The number of hydrogen-bond donors (Lipinski definition) is 1. The van der Waals surface area contributed by atoms with Gasteiger partial charge in [-0.1, -0.05) is 29.3 Å². The fourth-order valence-corrected chi connectivity index (χ4v) is 1.73. The number of pyridine rings is 1. The molecule has 0 aliphatic heterocycles. The zero-order valence-corrected chi connectivity index (χ0v) is 10.1. The van der Waals surface area contributed by atoms with Crippen LogP contribution in [0.2, 0.25) is 10.0 Å². The molecular formula is C12H7Cl2N3. The standard InChI is InChI=1S/C12H7Cl2N3/c13-9-2-1-8(4-10(9)14)12-11(16)3-7(5-15)6-17-12/h1-4,6H,16H2. The van der Waals surface area contributed by atoms with Crippen LogP contribution in [0, 0.1) is 11.3 Å². The molecule has 2 aromatic rings. The first-order valence-electron chi connectivity index (χ1n) is 4.73. The van der Waals surface area contributed by atoms with Gasteiger partial charge < -0.3 is 5.73 Å². The van der Waals surface area contributed by atoms with Crippen molar-refractivity contribution in [1.29, 1.82) is 5.26 Å². The molecule has 1 aromatic heterocycles. The summed E-state index contributed by atoms with van der Waals surface area (Å²) >= 11 is 11.8. The lowest BCUT2D eigenvalue weighted by Crippen LogP contribution is -1.94. The minimum atomic E-state index is 0.423. The maximum Gasteiger partial charge on any atom is 0.101 e. The summed E-state index contributed by atoms with van der Waals surface area (Å²) in [6, 6.07) is 8.70. The summed E-state index contributed by atoms with van der Waals surface area (Å²) in [4.78, 5) is 4.14. The SMILES string of the molecule is N#Cc1cnc(-c2ccc(Cl)c(Cl)c2)c(N)c1. The van der Waals surface area contributed by atoms with Gasteiger partial charge in [0.2, 0.25) is 0 Å². The van der Waals surface area contributed by atoms with E-state index in [1.54, 1.807) is 24.3 Å². The van der Waals surface area contributed by atoms with Gasteiger partial charge in [0, 0.05) is 11.8 Å². The van der Waals surface area contributed by atoms with Gasteiger partial charge in [0.1, 0.15) is 6.07 Å². The average molecular weight is 264 g/mol. The Morgan fingerprint density at radius 2 is 1.94 bits per heavy atom. The maximum absolute atomic E-state index is 8.72. The normalized spacial score (nSPS) is 9.94. The van der Waals surface area contributed by atoms with Gasteiger partial charge in [-0.25, -0.2) is 0 Å². The Morgan fingerprint density at radius 3 is 2.53 bits per heavy atom. The highest BCUT2D eigenvalue weighted by molar-refractivity contribution is 6.42. The third-order valence-corrected chi connectivity index (χ3v) is 2.98. The second-order valence-corrected chi connectivity index (χ2v) is 4.22. The van der Waals surface area contributed by atoms with Crippen molar-refractivity contribution in [3.8, 4) is 17.3 Å². The van der Waals surface area contributed by atoms with Crippen molar-refractivity contribution < 1.29 is 0 Å². The Bertz CT molecular complexity index is 618. The van der Waals surface area contributed by atoms with Crippen LogP contribution in [-0.4, -0.2) is 4.98 Å². The summed E-state index contributed by atoms with van der Waals surface area (Å²) in [7, 11) is 0. The van der Waals surface area contributed by atoms with E-state index < -0.39 is 0 Å². The van der Waals surface area contributed by atoms with Crippen molar-refractivity contribution in [3.05, 3.63) is 46.1 Å². The molecular weight excluding hydrogens is 257 g/mol. The van der Waals surface area contributed by atoms with Crippen LogP contribution < -0.4 is 5.73 Å². The molecule has 2 rings (SSSR count). The van der Waals surface area contributed by atoms with Gasteiger partial charge in [0.15, 0.2) is 0 Å². The number of nitrogens with zero attached hydrogens (tertiary/aromatic N) is 2. The summed E-state index contributed by atoms with van der Waals surface area (Å²) in [5, 5.41) is 9.63. The van der Waals surface area contributed by atoms with Gasteiger partial charge in [0.05, 0.1) is 27.0 Å². The van der Waals surface area contributed by atoms with E-state index in [1.807, 2.05) is 6.07 Å². The summed E-state index contributed by atoms with van der Waals surface area (Å²) < 4.78 is 0. The highest BCUT2D eigenvalue weighted by Gasteiger charge is 2.07. The molecule has 0 radical (unpaired) electrons. The minimum absolute atomic E-state index is 0.423. The number of nitriles is 1. The first kappa shape index (κ1) is 11.7. The summed E-state index contributed by atoms with van der Waals surface area (Å²) in [5.41, 5.74) is 8.03. The lowest BCUT2D eigenvalue weighted by molar-refractivity contribution is 1.30. The van der Waals surface area contributed by atoms with Crippen LogP contribution >= 0.6 is 23.2 Å². The molecule has 17 heavy (non-hydrogen) atoms. The summed E-state index contributed by atoms with van der Waals surface area (Å²) in [5.74, 6) is 0. The molecule has 0 unspecified atom stereocenters. The van der Waals surface area contributed by atoms with Crippen LogP contribution in [0.1, 0.15) is 5.56 Å². The van der Waals surface area contributed by atoms with E-state index in [0.29, 0.717) is 27.0 Å². The first-order chi connectivity index (χ1) is 8.11. The van der Waals surface area contributed by atoms with E-state index in [-0.39, 0.29) is 0 Å². The number of rotatable bonds is 1. The fourth-order valence-electron chi connectivity index (χ4n) is 1.43. The molecule has 2 N–H and O–H groups in total. The maximum atomic E-state index is 8.72. The third kappa shape index (κ3) is 2.33. The number of benzene rings is 1. The molecule has 0 saturated heterocycles. The highest BCUT2D eigenvalue weighted by Crippen LogP contribution is 2.30. The largest absolute Gasteiger partial charge is 0.397 e. The second kappa shape index (κ2) is 4.62. The van der Waals surface area contributed by atoms with Gasteiger partial charge >= 0.3 is 0 Å². The van der Waals surface area contributed by atoms with Gasteiger partial charge in [-0.2, -0.15) is 5.26 Å². The number of nitrogen functional groups attached to an aromatic ring is 1. The van der Waals surface area contributed by atoms with E-state index in [4.69, 9.17) is 34.2 Å². The van der Waals surface area contributed by atoms with E-state index >= 15 is 0 Å². The summed E-state index contributed by atoms with van der Waals surface area (Å²) in [6.45, 7) is 0. The third-order valence-electron chi connectivity index (χ3n) is 2.24. The van der Waals surface area contributed by atoms with Crippen molar-refractivity contribution in [2.75, 3.05) is 5.73 Å². The molecule has 0 amide bonds. The predicted molar refractivity (Wildman–Crippen MR) is 68.8 cm³/mol. The summed E-state index contributed by atoms with van der Waals surface area (Å²) in [6.07, 6.45) is 1.47. The first-order valence-corrected chi connectivity index (χ1v) is 5.48. The molecule has 0 bridgehead atoms. The molecule has 0 aliphatic rings. The van der Waals surface area contributed by atoms with Crippen LogP contribution in [0.5, 0.6) is 0 Å². The van der Waals surface area contributed by atoms with Gasteiger partial charge in [0.25, 0.3) is 0 Å². The molecule has 1 aromatic carbocycles. The Morgan fingerprint density at radius 1 is 1.18 bits per heavy atom. The molecule has 0 aliphatic carbocycles. The van der Waals surface area contributed by atoms with Crippen molar-refractivity contribution in [1.82, 2.24) is 4.98 Å². The minimum Gasteiger partial charge on any atom is -0.397 e. The van der Waals surface area contributed by atoms with Crippen molar-refractivity contribution in [2.45, 2.75) is 0 Å². The van der Waals surface area contributed by atoms with Crippen LogP contribution in [-0.2, 0) is 0 Å². The monoisotopic (exact) mass is 263 g/mol. The Hall–Kier alpha value is -1.76. The number of anilines is 1. The van der Waals surface area contributed by atoms with Crippen LogP contribution in [0.25, 0.3) is 11.3 Å². The molecule has 84 valence electrons. The highest BCUT2D eigenvalue weighted by atomic mass is 35.5. The van der Waals surface area contributed by atoms with E-state index in [0.717, 1.165) is 5.56 Å². The fraction of sp³-hybridized carbons (Fsp3) is 0. The molecule has 3 nitrogen and oxygen atoms in total. The zero-order valence-electron chi connectivity index (χ0n) is 8.61. The molecule has 0 saturated carbocycles. The molecule has 0 spiro atoms. The predicted octanol–water partition coefficient (Wildman–Crippen LogP) is 3.51. The molecule has 1 heterocycles. The Labute approximate surface area is 108 Å². The van der Waals surface area contributed by atoms with E-state index in [1.165, 1.54) is 6.20 Å². The van der Waals surface area contributed by atoms with Gasteiger partial charge in [-0.05, 0) is 18.2 Å². The van der Waals surface area contributed by atoms with E-state index in [9.17, 15) is 0 Å². The van der Waals surface area contributed by atoms with E-state index in [2.05, 4.69) is 4.98 Å². The lowest BCUT2D eigenvalue weighted by atomic mass is 10.1. The number of hydrogen-bond acceptors (Lipinski definition) is 3.